The Morgan fingerprint density at radius 2 is 2.28 bits per heavy atom. The molecule has 0 spiro atoms. The van der Waals surface area contributed by atoms with Gasteiger partial charge in [0.2, 0.25) is 11.1 Å². The molecular weight excluding hydrogens is 258 g/mol. The standard InChI is InChI=1S/C10H14ClN5O2/c1-7-6-15(4-3-14(7)2)9-8(16(17)18)5-12-10(11)13-9/h5,7H,3-4,6H2,1-2H3. The van der Waals surface area contributed by atoms with Crippen LogP contribution in [0.5, 0.6) is 0 Å². The molecule has 1 unspecified atom stereocenters. The molecule has 0 saturated carbocycles. The van der Waals surface area contributed by atoms with E-state index in [2.05, 4.69) is 21.8 Å². The minimum atomic E-state index is -0.478. The number of halogens is 1. The predicted octanol–water partition coefficient (Wildman–Crippen LogP) is 1.18. The van der Waals surface area contributed by atoms with Gasteiger partial charge in [0.15, 0.2) is 0 Å². The Labute approximate surface area is 110 Å². The highest BCUT2D eigenvalue weighted by Crippen LogP contribution is 2.27. The van der Waals surface area contributed by atoms with E-state index in [1.165, 1.54) is 0 Å². The van der Waals surface area contributed by atoms with Gasteiger partial charge in [0.25, 0.3) is 0 Å². The van der Waals surface area contributed by atoms with Crippen molar-refractivity contribution < 1.29 is 4.92 Å². The SMILES string of the molecule is CC1CN(c2nc(Cl)ncc2[N+](=O)[O-])CCN1C. The molecule has 7 nitrogen and oxygen atoms in total. The normalized spacial score (nSPS) is 21.1. The second-order valence-electron chi connectivity index (χ2n) is 4.38. The Balaban J connectivity index is 2.32. The predicted molar refractivity (Wildman–Crippen MR) is 68.0 cm³/mol. The highest BCUT2D eigenvalue weighted by Gasteiger charge is 2.28. The smallest absolute Gasteiger partial charge is 0.329 e. The van der Waals surface area contributed by atoms with Crippen molar-refractivity contribution in [3.8, 4) is 0 Å². The number of hydrogen-bond donors (Lipinski definition) is 0. The lowest BCUT2D eigenvalue weighted by atomic mass is 10.2. The maximum Gasteiger partial charge on any atom is 0.329 e. The van der Waals surface area contributed by atoms with Crippen molar-refractivity contribution in [2.75, 3.05) is 31.6 Å². The Kier molecular flexibility index (Phi) is 3.63. The fraction of sp³-hybridized carbons (Fsp3) is 0.600. The Morgan fingerprint density at radius 3 is 2.89 bits per heavy atom. The van der Waals surface area contributed by atoms with E-state index >= 15 is 0 Å². The first kappa shape index (κ1) is 13.0. The van der Waals surface area contributed by atoms with Crippen LogP contribution in [0.15, 0.2) is 6.20 Å². The minimum absolute atomic E-state index is 0.0298. The van der Waals surface area contributed by atoms with Crippen molar-refractivity contribution >= 4 is 23.1 Å². The van der Waals surface area contributed by atoms with Gasteiger partial charge in [-0.3, -0.25) is 10.1 Å². The van der Waals surface area contributed by atoms with Crippen LogP contribution < -0.4 is 4.90 Å². The summed E-state index contributed by atoms with van der Waals surface area (Å²) in [4.78, 5) is 22.2. The van der Waals surface area contributed by atoms with E-state index in [0.717, 1.165) is 12.7 Å². The third kappa shape index (κ3) is 2.51. The summed E-state index contributed by atoms with van der Waals surface area (Å²) in [6.07, 6.45) is 1.16. The van der Waals surface area contributed by atoms with Crippen LogP contribution in [0.2, 0.25) is 5.28 Å². The number of rotatable bonds is 2. The average molecular weight is 272 g/mol. The van der Waals surface area contributed by atoms with Gasteiger partial charge >= 0.3 is 5.69 Å². The maximum atomic E-state index is 11.0. The van der Waals surface area contributed by atoms with Crippen molar-refractivity contribution in [2.24, 2.45) is 0 Å². The molecule has 98 valence electrons. The molecule has 2 rings (SSSR count). The third-order valence-corrected chi connectivity index (χ3v) is 3.36. The first-order chi connectivity index (χ1) is 8.49. The van der Waals surface area contributed by atoms with Crippen molar-refractivity contribution in [3.63, 3.8) is 0 Å². The quantitative estimate of drug-likeness (QED) is 0.457. The monoisotopic (exact) mass is 271 g/mol. The molecule has 0 aromatic carbocycles. The summed E-state index contributed by atoms with van der Waals surface area (Å²) in [6, 6.07) is 0.312. The van der Waals surface area contributed by atoms with Gasteiger partial charge in [-0.1, -0.05) is 0 Å². The number of piperazine rings is 1. The summed E-state index contributed by atoms with van der Waals surface area (Å²) < 4.78 is 0. The largest absolute Gasteiger partial charge is 0.348 e. The lowest BCUT2D eigenvalue weighted by molar-refractivity contribution is -0.384. The van der Waals surface area contributed by atoms with E-state index in [1.54, 1.807) is 0 Å². The molecule has 1 aliphatic heterocycles. The Bertz CT molecular complexity index is 470. The van der Waals surface area contributed by atoms with Crippen LogP contribution in [-0.4, -0.2) is 52.5 Å². The zero-order valence-electron chi connectivity index (χ0n) is 10.2. The van der Waals surface area contributed by atoms with E-state index < -0.39 is 4.92 Å². The van der Waals surface area contributed by atoms with Gasteiger partial charge in [0.1, 0.15) is 6.20 Å². The van der Waals surface area contributed by atoms with E-state index in [-0.39, 0.29) is 11.0 Å². The second kappa shape index (κ2) is 5.03. The number of hydrogen-bond acceptors (Lipinski definition) is 6. The number of nitrogens with zero attached hydrogens (tertiary/aromatic N) is 5. The second-order valence-corrected chi connectivity index (χ2v) is 4.72. The van der Waals surface area contributed by atoms with Crippen molar-refractivity contribution in [2.45, 2.75) is 13.0 Å². The van der Waals surface area contributed by atoms with E-state index in [0.29, 0.717) is 24.9 Å². The number of aromatic nitrogens is 2. The lowest BCUT2D eigenvalue weighted by Gasteiger charge is -2.37. The molecule has 1 aromatic heterocycles. The summed E-state index contributed by atoms with van der Waals surface area (Å²) in [5.74, 6) is 0.306. The van der Waals surface area contributed by atoms with Gasteiger partial charge in [0, 0.05) is 25.7 Å². The molecule has 0 radical (unpaired) electrons. The zero-order valence-corrected chi connectivity index (χ0v) is 11.0. The van der Waals surface area contributed by atoms with Gasteiger partial charge < -0.3 is 9.80 Å². The molecule has 1 atom stereocenters. The summed E-state index contributed by atoms with van der Waals surface area (Å²) in [5, 5.41) is 11.0. The van der Waals surface area contributed by atoms with Gasteiger partial charge in [-0.05, 0) is 25.6 Å². The first-order valence-electron chi connectivity index (χ1n) is 5.61. The van der Waals surface area contributed by atoms with Crippen molar-refractivity contribution in [3.05, 3.63) is 21.6 Å². The van der Waals surface area contributed by atoms with Crippen LogP contribution in [0.1, 0.15) is 6.92 Å². The molecule has 0 N–H and O–H groups in total. The molecule has 0 bridgehead atoms. The van der Waals surface area contributed by atoms with Gasteiger partial charge in [-0.2, -0.15) is 4.98 Å². The zero-order chi connectivity index (χ0) is 13.3. The number of anilines is 1. The topological polar surface area (TPSA) is 75.4 Å². The van der Waals surface area contributed by atoms with E-state index in [9.17, 15) is 10.1 Å². The highest BCUT2D eigenvalue weighted by molar-refractivity contribution is 6.28. The van der Waals surface area contributed by atoms with Crippen molar-refractivity contribution in [1.82, 2.24) is 14.9 Å². The van der Waals surface area contributed by atoms with Crippen molar-refractivity contribution in [1.29, 1.82) is 0 Å². The Hall–Kier alpha value is -1.47. The number of likely N-dealkylation sites (N-methyl/N-ethyl adjacent to an activating group) is 1. The van der Waals surface area contributed by atoms with E-state index in [1.807, 2.05) is 11.9 Å². The minimum Gasteiger partial charge on any atom is -0.348 e. The summed E-state index contributed by atoms with van der Waals surface area (Å²) in [6.45, 7) is 4.28. The summed E-state index contributed by atoms with van der Waals surface area (Å²) in [7, 11) is 2.03. The lowest BCUT2D eigenvalue weighted by Crippen LogP contribution is -2.50. The molecule has 2 heterocycles. The first-order valence-corrected chi connectivity index (χ1v) is 5.99. The summed E-state index contributed by atoms with van der Waals surface area (Å²) >= 11 is 5.72. The molecule has 1 aliphatic rings. The third-order valence-electron chi connectivity index (χ3n) is 3.18. The Morgan fingerprint density at radius 1 is 1.56 bits per heavy atom. The van der Waals surface area contributed by atoms with Crippen LogP contribution in [0.25, 0.3) is 0 Å². The van der Waals surface area contributed by atoms with E-state index in [4.69, 9.17) is 11.6 Å². The molecule has 1 aromatic rings. The molecule has 8 heteroatoms. The van der Waals surface area contributed by atoms with Crippen LogP contribution in [-0.2, 0) is 0 Å². The van der Waals surface area contributed by atoms with Gasteiger partial charge in [-0.15, -0.1) is 0 Å². The average Bonchev–Trinajstić information content (AvgIpc) is 2.32. The molecule has 0 aliphatic carbocycles. The van der Waals surface area contributed by atoms with Crippen LogP contribution in [0.4, 0.5) is 11.5 Å². The molecule has 1 fully saturated rings. The molecule has 1 saturated heterocycles. The maximum absolute atomic E-state index is 11.0. The van der Waals surface area contributed by atoms with Gasteiger partial charge in [-0.25, -0.2) is 4.98 Å². The molecule has 0 amide bonds. The fourth-order valence-electron chi connectivity index (χ4n) is 1.95. The molecular formula is C10H14ClN5O2. The van der Waals surface area contributed by atoms with Crippen LogP contribution >= 0.6 is 11.6 Å². The molecule has 18 heavy (non-hydrogen) atoms. The van der Waals surface area contributed by atoms with Crippen LogP contribution in [0, 0.1) is 10.1 Å². The summed E-state index contributed by atoms with van der Waals surface area (Å²) in [5.41, 5.74) is -0.101. The van der Waals surface area contributed by atoms with Crippen LogP contribution in [0.3, 0.4) is 0 Å². The highest BCUT2D eigenvalue weighted by atomic mass is 35.5. The number of nitro groups is 1. The fourth-order valence-corrected chi connectivity index (χ4v) is 2.08. The van der Waals surface area contributed by atoms with Gasteiger partial charge in [0.05, 0.1) is 4.92 Å².